The van der Waals surface area contributed by atoms with Crippen LogP contribution in [0.3, 0.4) is 0 Å². The SMILES string of the molecule is Cc1ccc(CC(=O)CC[C@H](NC(=O)N[C@@H](CCC(=O)O)C(=O)Cc2ccc(SOON)cc2)C(=O)O)cc1. The summed E-state index contributed by atoms with van der Waals surface area (Å²) in [7, 11) is 0. The minimum Gasteiger partial charge on any atom is -0.481 e. The molecule has 0 fully saturated rings. The molecule has 210 valence electrons. The van der Waals surface area contributed by atoms with Crippen LogP contribution in [-0.2, 0) is 41.3 Å². The van der Waals surface area contributed by atoms with Gasteiger partial charge >= 0.3 is 18.0 Å². The molecule has 0 aliphatic rings. The van der Waals surface area contributed by atoms with Crippen molar-refractivity contribution in [1.29, 1.82) is 0 Å². The number of Topliss-reactive ketones (excluding diaryl/α,β-unsaturated/α-hetero) is 2. The predicted molar refractivity (Wildman–Crippen MR) is 140 cm³/mol. The van der Waals surface area contributed by atoms with E-state index in [1.54, 1.807) is 24.3 Å². The molecular weight excluding hydrogens is 530 g/mol. The molecule has 0 aromatic heterocycles. The van der Waals surface area contributed by atoms with Crippen molar-refractivity contribution in [2.45, 2.75) is 62.4 Å². The highest BCUT2D eigenvalue weighted by Crippen LogP contribution is 2.19. The maximum Gasteiger partial charge on any atom is 0.326 e. The van der Waals surface area contributed by atoms with Gasteiger partial charge in [-0.1, -0.05) is 42.0 Å². The van der Waals surface area contributed by atoms with Gasteiger partial charge in [0, 0.05) is 30.6 Å². The summed E-state index contributed by atoms with van der Waals surface area (Å²) in [6.07, 6.45) is -0.784. The summed E-state index contributed by atoms with van der Waals surface area (Å²) in [6, 6.07) is 10.5. The van der Waals surface area contributed by atoms with Crippen LogP contribution in [0.25, 0.3) is 0 Å². The Morgan fingerprint density at radius 1 is 0.846 bits per heavy atom. The Morgan fingerprint density at radius 2 is 1.41 bits per heavy atom. The number of rotatable bonds is 17. The van der Waals surface area contributed by atoms with Crippen molar-refractivity contribution >= 4 is 41.6 Å². The Balaban J connectivity index is 1.95. The third kappa shape index (κ3) is 12.1. The summed E-state index contributed by atoms with van der Waals surface area (Å²) in [5.74, 6) is 1.63. The molecule has 2 aromatic rings. The molecule has 2 amide bonds. The number of carbonyl (C=O) groups is 5. The molecule has 12 nitrogen and oxygen atoms in total. The molecule has 13 heteroatoms. The monoisotopic (exact) mass is 561 g/mol. The minimum atomic E-state index is -1.38. The van der Waals surface area contributed by atoms with Gasteiger partial charge in [-0.15, -0.1) is 9.32 Å². The summed E-state index contributed by atoms with van der Waals surface area (Å²) < 4.78 is 4.54. The van der Waals surface area contributed by atoms with Gasteiger partial charge in [0.2, 0.25) is 0 Å². The highest BCUT2D eigenvalue weighted by Gasteiger charge is 2.26. The maximum absolute atomic E-state index is 12.9. The number of hydrogen-bond donors (Lipinski definition) is 5. The standard InChI is InChI=1S/C26H31N3O9S/c1-16-2-4-17(5-3-16)14-19(30)8-11-22(25(34)35)29-26(36)28-21(12-13-24(32)33)23(31)15-18-6-9-20(10-7-18)39-38-37-27/h2-7,9-10,21-22H,8,11-15,27H2,1H3,(H,32,33)(H,34,35)(H2,28,29,36)/t21-,22-/m0/s1. The van der Waals surface area contributed by atoms with Crippen LogP contribution in [0.4, 0.5) is 4.79 Å². The lowest BCUT2D eigenvalue weighted by Crippen LogP contribution is -2.51. The first-order valence-electron chi connectivity index (χ1n) is 12.0. The molecule has 0 aliphatic heterocycles. The second-order valence-corrected chi connectivity index (χ2v) is 9.54. The van der Waals surface area contributed by atoms with E-state index < -0.39 is 42.3 Å². The van der Waals surface area contributed by atoms with Crippen LogP contribution in [0.5, 0.6) is 0 Å². The van der Waals surface area contributed by atoms with Crippen molar-refractivity contribution in [3.8, 4) is 0 Å². The Hall–Kier alpha value is -3.78. The van der Waals surface area contributed by atoms with Crippen LogP contribution >= 0.6 is 12.0 Å². The van der Waals surface area contributed by atoms with Crippen LogP contribution in [0.15, 0.2) is 53.4 Å². The molecule has 0 unspecified atom stereocenters. The summed E-state index contributed by atoms with van der Waals surface area (Å²) in [6.45, 7) is 1.92. The molecule has 2 atom stereocenters. The predicted octanol–water partition coefficient (Wildman–Crippen LogP) is 2.51. The molecule has 0 saturated carbocycles. The van der Waals surface area contributed by atoms with E-state index in [4.69, 9.17) is 11.0 Å². The number of aliphatic carboxylic acids is 2. The lowest BCUT2D eigenvalue weighted by atomic mass is 10.00. The van der Waals surface area contributed by atoms with Crippen LogP contribution in [0, 0.1) is 6.92 Å². The molecule has 39 heavy (non-hydrogen) atoms. The fraction of sp³-hybridized carbons (Fsp3) is 0.346. The van der Waals surface area contributed by atoms with Crippen molar-refractivity contribution in [1.82, 2.24) is 10.6 Å². The largest absolute Gasteiger partial charge is 0.481 e. The van der Waals surface area contributed by atoms with Gasteiger partial charge in [-0.25, -0.2) is 9.59 Å². The molecule has 0 heterocycles. The zero-order valence-electron chi connectivity index (χ0n) is 21.3. The third-order valence-corrected chi connectivity index (χ3v) is 6.26. The second-order valence-electron chi connectivity index (χ2n) is 8.77. The van der Waals surface area contributed by atoms with Gasteiger partial charge < -0.3 is 20.8 Å². The summed E-state index contributed by atoms with van der Waals surface area (Å²) >= 11 is 0.857. The van der Waals surface area contributed by atoms with Gasteiger partial charge in [0.25, 0.3) is 0 Å². The lowest BCUT2D eigenvalue weighted by molar-refractivity contribution is -0.195. The Labute approximate surface area is 229 Å². The van der Waals surface area contributed by atoms with Gasteiger partial charge in [-0.2, -0.15) is 5.90 Å². The first kappa shape index (κ1) is 31.4. The molecule has 0 saturated heterocycles. The highest BCUT2D eigenvalue weighted by atomic mass is 32.2. The van der Waals surface area contributed by atoms with E-state index in [2.05, 4.69) is 20.0 Å². The van der Waals surface area contributed by atoms with Crippen LogP contribution in [0.2, 0.25) is 0 Å². The van der Waals surface area contributed by atoms with Gasteiger partial charge in [0.15, 0.2) is 5.78 Å². The van der Waals surface area contributed by atoms with E-state index in [0.717, 1.165) is 23.2 Å². The zero-order valence-corrected chi connectivity index (χ0v) is 22.1. The van der Waals surface area contributed by atoms with E-state index in [0.29, 0.717) is 10.5 Å². The number of nitrogens with two attached hydrogens (primary N) is 1. The number of hydrogen-bond acceptors (Lipinski definition) is 9. The van der Waals surface area contributed by atoms with E-state index in [-0.39, 0.29) is 37.9 Å². The summed E-state index contributed by atoms with van der Waals surface area (Å²) in [4.78, 5) is 65.2. The van der Waals surface area contributed by atoms with Gasteiger partial charge in [0.1, 0.15) is 11.8 Å². The maximum atomic E-state index is 12.9. The topological polar surface area (TPSA) is 194 Å². The molecule has 0 aliphatic carbocycles. The van der Waals surface area contributed by atoms with Gasteiger partial charge in [-0.05, 0) is 43.0 Å². The molecule has 2 rings (SSSR count). The van der Waals surface area contributed by atoms with Crippen molar-refractivity contribution in [3.63, 3.8) is 0 Å². The molecule has 2 aromatic carbocycles. The second kappa shape index (κ2) is 16.2. The lowest BCUT2D eigenvalue weighted by Gasteiger charge is -2.20. The number of carboxylic acid groups (broad SMARTS) is 2. The quantitative estimate of drug-likeness (QED) is 0.108. The Kier molecular flexibility index (Phi) is 13.1. The Morgan fingerprint density at radius 3 is 2.00 bits per heavy atom. The first-order chi connectivity index (χ1) is 18.6. The Bertz CT molecular complexity index is 1140. The molecular formula is C26H31N3O9S. The highest BCUT2D eigenvalue weighted by molar-refractivity contribution is 7.94. The molecule has 0 radical (unpaired) electrons. The molecule has 6 N–H and O–H groups in total. The first-order valence-corrected chi connectivity index (χ1v) is 12.7. The van der Waals surface area contributed by atoms with E-state index >= 15 is 0 Å². The number of ketones is 2. The fourth-order valence-corrected chi connectivity index (χ4v) is 3.94. The summed E-state index contributed by atoms with van der Waals surface area (Å²) in [5, 5.41) is 23.2. The van der Waals surface area contributed by atoms with Crippen LogP contribution in [0.1, 0.15) is 42.4 Å². The average molecular weight is 562 g/mol. The molecule has 0 bridgehead atoms. The zero-order chi connectivity index (χ0) is 28.8. The van der Waals surface area contributed by atoms with E-state index in [9.17, 15) is 29.1 Å². The number of carboxylic acids is 2. The number of aryl methyl sites for hydroxylation is 1. The number of urea groups is 1. The number of nitrogens with one attached hydrogen (secondary N) is 2. The fourth-order valence-electron chi connectivity index (χ4n) is 3.57. The smallest absolute Gasteiger partial charge is 0.326 e. The van der Waals surface area contributed by atoms with Crippen molar-refractivity contribution in [3.05, 3.63) is 65.2 Å². The van der Waals surface area contributed by atoms with E-state index in [1.807, 2.05) is 31.2 Å². The number of carbonyl (C=O) groups excluding carboxylic acids is 3. The van der Waals surface area contributed by atoms with Crippen molar-refractivity contribution < 1.29 is 43.5 Å². The number of amides is 2. The van der Waals surface area contributed by atoms with Crippen LogP contribution < -0.4 is 16.5 Å². The van der Waals surface area contributed by atoms with Crippen LogP contribution in [-0.4, -0.2) is 51.8 Å². The average Bonchev–Trinajstić information content (AvgIpc) is 2.89. The van der Waals surface area contributed by atoms with Gasteiger partial charge in [0.05, 0.1) is 18.1 Å². The molecule has 0 spiro atoms. The summed E-state index contributed by atoms with van der Waals surface area (Å²) in [5.41, 5.74) is 2.44. The normalized spacial score (nSPS) is 12.3. The van der Waals surface area contributed by atoms with Gasteiger partial charge in [-0.3, -0.25) is 14.4 Å². The van der Waals surface area contributed by atoms with Crippen molar-refractivity contribution in [2.75, 3.05) is 0 Å². The van der Waals surface area contributed by atoms with E-state index in [1.165, 1.54) is 0 Å². The number of benzene rings is 2. The van der Waals surface area contributed by atoms with Crippen molar-refractivity contribution in [2.24, 2.45) is 5.90 Å². The third-order valence-electron chi connectivity index (χ3n) is 5.65. The minimum absolute atomic E-state index is 0.0801.